The van der Waals surface area contributed by atoms with Crippen LogP contribution in [0.3, 0.4) is 0 Å². The lowest BCUT2D eigenvalue weighted by molar-refractivity contribution is 0.0543. The van der Waals surface area contributed by atoms with Crippen LogP contribution in [0.1, 0.15) is 26.3 Å². The minimum absolute atomic E-state index is 0.307. The number of aromatic nitrogens is 2. The average molecular weight is 349 g/mol. The van der Waals surface area contributed by atoms with Gasteiger partial charge in [0.15, 0.2) is 0 Å². The Labute approximate surface area is 143 Å². The van der Waals surface area contributed by atoms with Crippen LogP contribution in [-0.4, -0.2) is 21.2 Å². The lowest BCUT2D eigenvalue weighted by Crippen LogP contribution is -2.26. The Morgan fingerprint density at radius 1 is 1.39 bits per heavy atom. The molecule has 0 aliphatic heterocycles. The van der Waals surface area contributed by atoms with Crippen molar-refractivity contribution in [3.05, 3.63) is 40.8 Å². The summed E-state index contributed by atoms with van der Waals surface area (Å²) in [6, 6.07) is 4.06. The van der Waals surface area contributed by atoms with Crippen molar-refractivity contribution < 1.29 is 9.53 Å². The smallest absolute Gasteiger partial charge is 0.420 e. The number of carbonyl (C=O) groups is 1. The molecule has 0 atom stereocenters. The summed E-state index contributed by atoms with van der Waals surface area (Å²) in [6.45, 7) is 5.50. The molecule has 0 saturated heterocycles. The third-order valence-corrected chi connectivity index (χ3v) is 4.29. The van der Waals surface area contributed by atoms with Gasteiger partial charge in [0.05, 0.1) is 0 Å². The lowest BCUT2D eigenvalue weighted by atomic mass is 10.1. The van der Waals surface area contributed by atoms with Gasteiger partial charge in [-0.1, -0.05) is 0 Å². The predicted molar refractivity (Wildman–Crippen MR) is 94.2 cm³/mol. The molecule has 4 nitrogen and oxygen atoms in total. The van der Waals surface area contributed by atoms with Crippen LogP contribution in [0, 0.1) is 0 Å². The van der Waals surface area contributed by atoms with Crippen molar-refractivity contribution in [3.63, 3.8) is 0 Å². The van der Waals surface area contributed by atoms with Crippen LogP contribution in [0.15, 0.2) is 35.3 Å². The number of rotatable bonds is 2. The van der Waals surface area contributed by atoms with Gasteiger partial charge in [-0.15, -0.1) is 11.6 Å². The van der Waals surface area contributed by atoms with Crippen LogP contribution in [0.25, 0.3) is 22.2 Å². The molecule has 0 fully saturated rings. The summed E-state index contributed by atoms with van der Waals surface area (Å²) in [5.41, 5.74) is 2.97. The molecule has 3 aromatic rings. The Bertz CT molecular complexity index is 847. The highest BCUT2D eigenvalue weighted by molar-refractivity contribution is 7.08. The zero-order valence-corrected chi connectivity index (χ0v) is 14.7. The van der Waals surface area contributed by atoms with Crippen molar-refractivity contribution in [1.82, 2.24) is 9.55 Å². The standard InChI is InChI=1S/C17H17ClN2O2S/c1-17(2,3)22-16(21)20-9-13(7-18)14-6-12(8-19-15(14)20)11-4-5-23-10-11/h4-6,8-10H,7H2,1-3H3. The van der Waals surface area contributed by atoms with Crippen LogP contribution in [-0.2, 0) is 10.6 Å². The quantitative estimate of drug-likeness (QED) is 0.591. The maximum Gasteiger partial charge on any atom is 0.420 e. The van der Waals surface area contributed by atoms with Gasteiger partial charge < -0.3 is 4.74 Å². The molecule has 3 rings (SSSR count). The van der Waals surface area contributed by atoms with Gasteiger partial charge in [0.2, 0.25) is 0 Å². The number of nitrogens with zero attached hydrogens (tertiary/aromatic N) is 2. The van der Waals surface area contributed by atoms with Crippen molar-refractivity contribution in [2.24, 2.45) is 0 Å². The van der Waals surface area contributed by atoms with E-state index in [1.165, 1.54) is 4.57 Å². The summed E-state index contributed by atoms with van der Waals surface area (Å²) < 4.78 is 6.86. The van der Waals surface area contributed by atoms with Crippen LogP contribution >= 0.6 is 22.9 Å². The van der Waals surface area contributed by atoms with E-state index in [2.05, 4.69) is 10.4 Å². The second-order valence-corrected chi connectivity index (χ2v) is 7.29. The van der Waals surface area contributed by atoms with Crippen molar-refractivity contribution in [2.45, 2.75) is 32.3 Å². The minimum atomic E-state index is -0.564. The Balaban J connectivity index is 2.09. The normalized spacial score (nSPS) is 11.8. The molecule has 0 bridgehead atoms. The van der Waals surface area contributed by atoms with E-state index in [9.17, 15) is 4.79 Å². The third-order valence-electron chi connectivity index (χ3n) is 3.31. The largest absolute Gasteiger partial charge is 0.443 e. The fourth-order valence-corrected chi connectivity index (χ4v) is 3.19. The van der Waals surface area contributed by atoms with Gasteiger partial charge >= 0.3 is 6.09 Å². The second kappa shape index (κ2) is 5.98. The van der Waals surface area contributed by atoms with E-state index in [1.807, 2.05) is 38.3 Å². The van der Waals surface area contributed by atoms with E-state index in [-0.39, 0.29) is 0 Å². The van der Waals surface area contributed by atoms with Crippen molar-refractivity contribution in [2.75, 3.05) is 0 Å². The summed E-state index contributed by atoms with van der Waals surface area (Å²) in [7, 11) is 0. The van der Waals surface area contributed by atoms with Gasteiger partial charge in [0, 0.05) is 29.2 Å². The fraction of sp³-hybridized carbons (Fsp3) is 0.294. The van der Waals surface area contributed by atoms with Gasteiger partial charge in [-0.05, 0) is 54.8 Å². The van der Waals surface area contributed by atoms with Crippen LogP contribution in [0.2, 0.25) is 0 Å². The molecule has 0 aliphatic rings. The number of pyridine rings is 1. The first kappa shape index (κ1) is 16.0. The SMILES string of the molecule is CC(C)(C)OC(=O)n1cc(CCl)c2cc(-c3ccsc3)cnc21. The maximum atomic E-state index is 12.4. The van der Waals surface area contributed by atoms with E-state index in [0.717, 1.165) is 22.1 Å². The molecular weight excluding hydrogens is 332 g/mol. The molecule has 0 N–H and O–H groups in total. The molecule has 0 saturated carbocycles. The first-order valence-corrected chi connectivity index (χ1v) is 8.68. The number of halogens is 1. The highest BCUT2D eigenvalue weighted by atomic mass is 35.5. The summed E-state index contributed by atoms with van der Waals surface area (Å²) in [5.74, 6) is 0.307. The summed E-state index contributed by atoms with van der Waals surface area (Å²) in [6.07, 6.45) is 3.02. The molecule has 0 aliphatic carbocycles. The van der Waals surface area contributed by atoms with E-state index >= 15 is 0 Å². The first-order valence-electron chi connectivity index (χ1n) is 7.21. The molecule has 6 heteroatoms. The number of thiophene rings is 1. The summed E-state index contributed by atoms with van der Waals surface area (Å²) in [5, 5.41) is 4.96. The Kier molecular flexibility index (Phi) is 4.17. The minimum Gasteiger partial charge on any atom is -0.443 e. The summed E-state index contributed by atoms with van der Waals surface area (Å²) >= 11 is 7.68. The highest BCUT2D eigenvalue weighted by Gasteiger charge is 2.21. The van der Waals surface area contributed by atoms with Crippen molar-refractivity contribution in [3.8, 4) is 11.1 Å². The van der Waals surface area contributed by atoms with Crippen LogP contribution < -0.4 is 0 Å². The van der Waals surface area contributed by atoms with Crippen LogP contribution in [0.5, 0.6) is 0 Å². The van der Waals surface area contributed by atoms with E-state index in [4.69, 9.17) is 16.3 Å². The molecule has 0 radical (unpaired) electrons. The number of fused-ring (bicyclic) bond motifs is 1. The summed E-state index contributed by atoms with van der Waals surface area (Å²) in [4.78, 5) is 16.8. The first-order chi connectivity index (χ1) is 10.9. The highest BCUT2D eigenvalue weighted by Crippen LogP contribution is 2.28. The zero-order chi connectivity index (χ0) is 16.6. The molecule has 0 amide bonds. The van der Waals surface area contributed by atoms with E-state index in [0.29, 0.717) is 11.5 Å². The fourth-order valence-electron chi connectivity index (χ4n) is 2.32. The van der Waals surface area contributed by atoms with E-state index < -0.39 is 11.7 Å². The number of ether oxygens (including phenoxy) is 1. The van der Waals surface area contributed by atoms with Gasteiger partial charge in [-0.2, -0.15) is 11.3 Å². The number of hydrogen-bond donors (Lipinski definition) is 0. The lowest BCUT2D eigenvalue weighted by Gasteiger charge is -2.19. The Morgan fingerprint density at radius 3 is 2.78 bits per heavy atom. The molecule has 0 aromatic carbocycles. The van der Waals surface area contributed by atoms with Gasteiger partial charge in [0.1, 0.15) is 11.2 Å². The van der Waals surface area contributed by atoms with Crippen molar-refractivity contribution in [1.29, 1.82) is 0 Å². The molecule has 23 heavy (non-hydrogen) atoms. The maximum absolute atomic E-state index is 12.4. The molecule has 3 heterocycles. The topological polar surface area (TPSA) is 44.1 Å². The average Bonchev–Trinajstić information content (AvgIpc) is 3.12. The number of alkyl halides is 1. The molecule has 0 spiro atoms. The Hall–Kier alpha value is -1.85. The molecule has 3 aromatic heterocycles. The molecule has 120 valence electrons. The second-order valence-electron chi connectivity index (χ2n) is 6.25. The predicted octanol–water partition coefficient (Wildman–Crippen LogP) is 5.29. The zero-order valence-electron chi connectivity index (χ0n) is 13.2. The molecular formula is C17H17ClN2O2S. The van der Waals surface area contributed by atoms with Gasteiger partial charge in [-0.3, -0.25) is 0 Å². The number of carbonyl (C=O) groups excluding carboxylic acids is 1. The number of hydrogen-bond acceptors (Lipinski definition) is 4. The van der Waals surface area contributed by atoms with Crippen molar-refractivity contribution >= 4 is 40.1 Å². The molecule has 0 unspecified atom stereocenters. The van der Waals surface area contributed by atoms with Gasteiger partial charge in [0.25, 0.3) is 0 Å². The third kappa shape index (κ3) is 3.26. The monoisotopic (exact) mass is 348 g/mol. The van der Waals surface area contributed by atoms with Gasteiger partial charge in [-0.25, -0.2) is 14.3 Å². The van der Waals surface area contributed by atoms with Crippen LogP contribution in [0.4, 0.5) is 4.79 Å². The van der Waals surface area contributed by atoms with E-state index in [1.54, 1.807) is 23.7 Å². The Morgan fingerprint density at radius 2 is 2.17 bits per heavy atom.